The molecule has 1 aromatic heterocycles. The smallest absolute Gasteiger partial charge is 0.359 e. The van der Waals surface area contributed by atoms with Crippen molar-refractivity contribution in [1.82, 2.24) is 15.8 Å². The fourth-order valence-electron chi connectivity index (χ4n) is 1.64. The number of nitrogens with one attached hydrogen (secondary N) is 2. The topological polar surface area (TPSA) is 97.4 Å². The van der Waals surface area contributed by atoms with E-state index < -0.39 is 30.2 Å². The van der Waals surface area contributed by atoms with Gasteiger partial charge in [0.25, 0.3) is 11.8 Å². The molecule has 2 aromatic rings. The van der Waals surface area contributed by atoms with E-state index >= 15 is 0 Å². The first-order valence-electron chi connectivity index (χ1n) is 6.71. The second-order valence-electron chi connectivity index (χ2n) is 4.52. The zero-order valence-corrected chi connectivity index (χ0v) is 13.9. The van der Waals surface area contributed by atoms with Crippen molar-refractivity contribution < 1.29 is 23.5 Å². The van der Waals surface area contributed by atoms with Gasteiger partial charge in [-0.15, -0.1) is 0 Å². The third-order valence-electron chi connectivity index (χ3n) is 2.77. The lowest BCUT2D eigenvalue weighted by Crippen LogP contribution is -2.43. The lowest BCUT2D eigenvalue weighted by molar-refractivity contribution is -0.125. The van der Waals surface area contributed by atoms with Crippen molar-refractivity contribution in [3.8, 4) is 0 Å². The number of carbonyl (C=O) groups excluding carboxylic acids is 3. The number of aromatic nitrogens is 1. The summed E-state index contributed by atoms with van der Waals surface area (Å²) in [7, 11) is 0. The number of nitrogens with zero attached hydrogens (tertiary/aromatic N) is 1. The predicted molar refractivity (Wildman–Crippen MR) is 86.5 cm³/mol. The highest BCUT2D eigenvalue weighted by Gasteiger charge is 2.17. The minimum atomic E-state index is -0.969. The maximum atomic E-state index is 13.4. The summed E-state index contributed by atoms with van der Waals surface area (Å²) >= 11 is 11.4. The molecular formula is C15H10Cl2FN3O4. The average Bonchev–Trinajstić information content (AvgIpc) is 2.60. The summed E-state index contributed by atoms with van der Waals surface area (Å²) in [6.45, 7) is -0.721. The number of amides is 2. The summed E-state index contributed by atoms with van der Waals surface area (Å²) in [5, 5.41) is 0.0283. The van der Waals surface area contributed by atoms with Crippen LogP contribution in [0.15, 0.2) is 36.4 Å². The quantitative estimate of drug-likeness (QED) is 0.477. The summed E-state index contributed by atoms with van der Waals surface area (Å²) < 4.78 is 18.1. The first-order chi connectivity index (χ1) is 11.9. The standard InChI is InChI=1S/C15H10Cl2FN3O4/c16-9-5-6-11(17)19-13(9)15(24)25-7-12(22)20-21-14(23)8-3-1-2-4-10(8)18/h1-6H,7H2,(H,20,22)(H,21,23). The number of pyridine rings is 1. The van der Waals surface area contributed by atoms with E-state index in [1.54, 1.807) is 0 Å². The van der Waals surface area contributed by atoms with Crippen molar-refractivity contribution >= 4 is 41.0 Å². The molecule has 10 heteroatoms. The van der Waals surface area contributed by atoms with Crippen LogP contribution < -0.4 is 10.9 Å². The largest absolute Gasteiger partial charge is 0.451 e. The molecule has 2 rings (SSSR count). The van der Waals surface area contributed by atoms with Crippen LogP contribution in [0.2, 0.25) is 10.2 Å². The first-order valence-corrected chi connectivity index (χ1v) is 7.47. The van der Waals surface area contributed by atoms with Gasteiger partial charge in [-0.25, -0.2) is 14.2 Å². The Morgan fingerprint density at radius 1 is 1.08 bits per heavy atom. The second kappa shape index (κ2) is 8.41. The minimum Gasteiger partial charge on any atom is -0.451 e. The molecule has 7 nitrogen and oxygen atoms in total. The molecule has 0 radical (unpaired) electrons. The van der Waals surface area contributed by atoms with Crippen molar-refractivity contribution in [2.75, 3.05) is 6.61 Å². The average molecular weight is 386 g/mol. The molecule has 0 unspecified atom stereocenters. The molecule has 1 aromatic carbocycles. The molecule has 1 heterocycles. The van der Waals surface area contributed by atoms with Crippen LogP contribution in [0.1, 0.15) is 20.8 Å². The molecular weight excluding hydrogens is 376 g/mol. The number of halogens is 3. The highest BCUT2D eigenvalue weighted by Crippen LogP contribution is 2.17. The Kier molecular flexibility index (Phi) is 6.26. The maximum Gasteiger partial charge on any atom is 0.359 e. The normalized spacial score (nSPS) is 10.0. The molecule has 0 aliphatic rings. The van der Waals surface area contributed by atoms with Crippen LogP contribution in [0.25, 0.3) is 0 Å². The number of esters is 1. The number of hydrazine groups is 1. The zero-order valence-electron chi connectivity index (χ0n) is 12.4. The van der Waals surface area contributed by atoms with Crippen molar-refractivity contribution in [1.29, 1.82) is 0 Å². The Morgan fingerprint density at radius 3 is 2.52 bits per heavy atom. The van der Waals surface area contributed by atoms with E-state index in [1.807, 2.05) is 10.9 Å². The molecule has 2 N–H and O–H groups in total. The predicted octanol–water partition coefficient (Wildman–Crippen LogP) is 2.15. The van der Waals surface area contributed by atoms with Gasteiger partial charge in [0.15, 0.2) is 12.3 Å². The highest BCUT2D eigenvalue weighted by atomic mass is 35.5. The van der Waals surface area contributed by atoms with Crippen LogP contribution in [-0.4, -0.2) is 29.4 Å². The minimum absolute atomic E-state index is 0.00247. The fourth-order valence-corrected chi connectivity index (χ4v) is 1.97. The van der Waals surface area contributed by atoms with Crippen LogP contribution in [0, 0.1) is 5.82 Å². The molecule has 0 atom stereocenters. The molecule has 0 spiro atoms. The van der Waals surface area contributed by atoms with Crippen LogP contribution in [0.4, 0.5) is 4.39 Å². The number of carbonyl (C=O) groups is 3. The third kappa shape index (κ3) is 5.13. The Labute approximate surface area is 151 Å². The Bertz CT molecular complexity index is 832. The van der Waals surface area contributed by atoms with Crippen molar-refractivity contribution in [2.45, 2.75) is 0 Å². The number of hydrogen-bond donors (Lipinski definition) is 2. The third-order valence-corrected chi connectivity index (χ3v) is 3.29. The van der Waals surface area contributed by atoms with Crippen molar-refractivity contribution in [3.05, 3.63) is 63.6 Å². The number of benzene rings is 1. The lowest BCUT2D eigenvalue weighted by Gasteiger charge is -2.09. The van der Waals surface area contributed by atoms with Gasteiger partial charge in [-0.2, -0.15) is 0 Å². The van der Waals surface area contributed by atoms with E-state index in [4.69, 9.17) is 27.9 Å². The van der Waals surface area contributed by atoms with E-state index in [2.05, 4.69) is 4.98 Å². The Morgan fingerprint density at radius 2 is 1.80 bits per heavy atom. The van der Waals surface area contributed by atoms with E-state index in [9.17, 15) is 18.8 Å². The summed E-state index contributed by atoms with van der Waals surface area (Å²) in [6, 6.07) is 7.94. The molecule has 25 heavy (non-hydrogen) atoms. The van der Waals surface area contributed by atoms with E-state index in [1.165, 1.54) is 30.3 Å². The van der Waals surface area contributed by atoms with Gasteiger partial charge in [0.2, 0.25) is 0 Å². The molecule has 130 valence electrons. The first kappa shape index (κ1) is 18.6. The van der Waals surface area contributed by atoms with Gasteiger partial charge in [0.1, 0.15) is 11.0 Å². The van der Waals surface area contributed by atoms with Gasteiger partial charge in [0, 0.05) is 0 Å². The van der Waals surface area contributed by atoms with Crippen molar-refractivity contribution in [3.63, 3.8) is 0 Å². The van der Waals surface area contributed by atoms with Gasteiger partial charge >= 0.3 is 5.97 Å². The van der Waals surface area contributed by atoms with Gasteiger partial charge in [-0.3, -0.25) is 20.4 Å². The Hall–Kier alpha value is -2.71. The van der Waals surface area contributed by atoms with Gasteiger partial charge in [-0.05, 0) is 24.3 Å². The summed E-state index contributed by atoms with van der Waals surface area (Å²) in [6.07, 6.45) is 0. The van der Waals surface area contributed by atoms with Crippen LogP contribution in [-0.2, 0) is 9.53 Å². The lowest BCUT2D eigenvalue weighted by atomic mass is 10.2. The number of ether oxygens (including phenoxy) is 1. The second-order valence-corrected chi connectivity index (χ2v) is 5.32. The molecule has 0 aliphatic carbocycles. The van der Waals surface area contributed by atoms with E-state index in [0.717, 1.165) is 6.07 Å². The summed E-state index contributed by atoms with van der Waals surface area (Å²) in [5.41, 5.74) is 3.46. The summed E-state index contributed by atoms with van der Waals surface area (Å²) in [5.74, 6) is -3.43. The highest BCUT2D eigenvalue weighted by molar-refractivity contribution is 6.34. The molecule has 0 bridgehead atoms. The summed E-state index contributed by atoms with van der Waals surface area (Å²) in [4.78, 5) is 38.7. The zero-order chi connectivity index (χ0) is 18.4. The van der Waals surface area contributed by atoms with Gasteiger partial charge in [0.05, 0.1) is 10.6 Å². The molecule has 0 aliphatic heterocycles. The van der Waals surface area contributed by atoms with Crippen LogP contribution in [0.3, 0.4) is 0 Å². The Balaban J connectivity index is 1.85. The number of rotatable bonds is 4. The maximum absolute atomic E-state index is 13.4. The molecule has 2 amide bonds. The van der Waals surface area contributed by atoms with Crippen molar-refractivity contribution in [2.24, 2.45) is 0 Å². The monoisotopic (exact) mass is 385 g/mol. The van der Waals surface area contributed by atoms with E-state index in [0.29, 0.717) is 0 Å². The SMILES string of the molecule is O=C(COC(=O)c1nc(Cl)ccc1Cl)NNC(=O)c1ccccc1F. The van der Waals surface area contributed by atoms with Gasteiger partial charge in [-0.1, -0.05) is 35.3 Å². The van der Waals surface area contributed by atoms with Crippen LogP contribution in [0.5, 0.6) is 0 Å². The molecule has 0 fully saturated rings. The number of hydrogen-bond acceptors (Lipinski definition) is 5. The van der Waals surface area contributed by atoms with Crippen LogP contribution >= 0.6 is 23.2 Å². The fraction of sp³-hybridized carbons (Fsp3) is 0.0667. The van der Waals surface area contributed by atoms with Gasteiger partial charge < -0.3 is 4.74 Å². The molecule has 0 saturated heterocycles. The molecule has 0 saturated carbocycles. The van der Waals surface area contributed by atoms with E-state index in [-0.39, 0.29) is 21.4 Å².